The summed E-state index contributed by atoms with van der Waals surface area (Å²) in [6, 6.07) is 15.2. The molecule has 158 valence electrons. The lowest BCUT2D eigenvalue weighted by Gasteiger charge is -2.23. The summed E-state index contributed by atoms with van der Waals surface area (Å²) in [6.45, 7) is 4.51. The summed E-state index contributed by atoms with van der Waals surface area (Å²) in [5.74, 6) is 6.19. The van der Waals surface area contributed by atoms with Gasteiger partial charge in [-0.15, -0.1) is 0 Å². The molecule has 4 nitrogen and oxygen atoms in total. The van der Waals surface area contributed by atoms with E-state index in [2.05, 4.69) is 82.8 Å². The van der Waals surface area contributed by atoms with Gasteiger partial charge >= 0.3 is 6.03 Å². The highest BCUT2D eigenvalue weighted by molar-refractivity contribution is 5.94. The average Bonchev–Trinajstić information content (AvgIpc) is 2.78. The molecular weight excluding hydrogens is 370 g/mol. The normalized spacial score (nSPS) is 14.3. The van der Waals surface area contributed by atoms with Gasteiger partial charge in [-0.1, -0.05) is 73.6 Å². The molecule has 0 aliphatic heterocycles. The van der Waals surface area contributed by atoms with Gasteiger partial charge in [0, 0.05) is 43.2 Å². The average molecular weight is 404 g/mol. The van der Waals surface area contributed by atoms with Gasteiger partial charge in [-0.2, -0.15) is 0 Å². The van der Waals surface area contributed by atoms with Crippen molar-refractivity contribution in [2.45, 2.75) is 51.5 Å². The van der Waals surface area contributed by atoms with Crippen LogP contribution >= 0.6 is 0 Å². The number of likely N-dealkylation sites (N-methyl/N-ethyl adjacent to an activating group) is 1. The molecule has 0 atom stereocenters. The number of urea groups is 1. The Morgan fingerprint density at radius 2 is 1.93 bits per heavy atom. The molecule has 0 bridgehead atoms. The zero-order chi connectivity index (χ0) is 21.0. The van der Waals surface area contributed by atoms with E-state index in [1.54, 1.807) is 0 Å². The minimum atomic E-state index is -0.0621. The van der Waals surface area contributed by atoms with Gasteiger partial charge in [0.2, 0.25) is 0 Å². The van der Waals surface area contributed by atoms with Gasteiger partial charge in [-0.3, -0.25) is 0 Å². The summed E-state index contributed by atoms with van der Waals surface area (Å²) in [5, 5.41) is 8.50. The highest BCUT2D eigenvalue weighted by atomic mass is 16.2. The van der Waals surface area contributed by atoms with Gasteiger partial charge in [0.25, 0.3) is 0 Å². The van der Waals surface area contributed by atoms with Crippen molar-refractivity contribution >= 4 is 22.5 Å². The Kier molecular flexibility index (Phi) is 8.65. The fourth-order valence-corrected chi connectivity index (χ4v) is 3.97. The number of rotatable bonds is 7. The second-order valence-electron chi connectivity index (χ2n) is 7.75. The highest BCUT2D eigenvalue weighted by Crippen LogP contribution is 2.26. The summed E-state index contributed by atoms with van der Waals surface area (Å²) < 4.78 is 0. The fraction of sp³-hybridized carbons (Fsp3) is 0.423. The Balaban J connectivity index is 1.40. The summed E-state index contributed by atoms with van der Waals surface area (Å²) in [6.07, 6.45) is 10.6. The van der Waals surface area contributed by atoms with Crippen LogP contribution < -0.4 is 15.5 Å². The maximum absolute atomic E-state index is 11.9. The number of benzene rings is 2. The van der Waals surface area contributed by atoms with Crippen LogP contribution in [-0.2, 0) is 0 Å². The second-order valence-corrected chi connectivity index (χ2v) is 7.75. The van der Waals surface area contributed by atoms with E-state index in [9.17, 15) is 4.79 Å². The predicted molar refractivity (Wildman–Crippen MR) is 127 cm³/mol. The molecule has 0 saturated heterocycles. The van der Waals surface area contributed by atoms with Crippen LogP contribution in [0.5, 0.6) is 0 Å². The molecule has 3 rings (SSSR count). The van der Waals surface area contributed by atoms with Crippen molar-refractivity contribution in [1.29, 1.82) is 0 Å². The van der Waals surface area contributed by atoms with Crippen molar-refractivity contribution in [1.82, 2.24) is 10.6 Å². The first kappa shape index (κ1) is 21.8. The van der Waals surface area contributed by atoms with Gasteiger partial charge in [0.15, 0.2) is 0 Å². The second kappa shape index (κ2) is 11.9. The minimum Gasteiger partial charge on any atom is -0.368 e. The van der Waals surface area contributed by atoms with Gasteiger partial charge < -0.3 is 15.5 Å². The third-order valence-electron chi connectivity index (χ3n) is 5.59. The van der Waals surface area contributed by atoms with E-state index in [1.165, 1.54) is 35.7 Å². The summed E-state index contributed by atoms with van der Waals surface area (Å²) in [4.78, 5) is 14.2. The van der Waals surface area contributed by atoms with Crippen molar-refractivity contribution in [3.63, 3.8) is 0 Å². The van der Waals surface area contributed by atoms with Crippen LogP contribution in [0.2, 0.25) is 0 Å². The molecule has 1 aliphatic carbocycles. The third-order valence-corrected chi connectivity index (χ3v) is 5.59. The molecule has 0 spiro atoms. The summed E-state index contributed by atoms with van der Waals surface area (Å²) in [7, 11) is 0. The predicted octanol–water partition coefficient (Wildman–Crippen LogP) is 5.25. The van der Waals surface area contributed by atoms with E-state index >= 15 is 0 Å². The van der Waals surface area contributed by atoms with E-state index in [-0.39, 0.29) is 6.03 Å². The lowest BCUT2D eigenvalue weighted by Crippen LogP contribution is -2.43. The summed E-state index contributed by atoms with van der Waals surface area (Å²) in [5.41, 5.74) is 1.25. The van der Waals surface area contributed by atoms with Gasteiger partial charge in [-0.25, -0.2) is 4.79 Å². The number of nitrogens with zero attached hydrogens (tertiary/aromatic N) is 1. The largest absolute Gasteiger partial charge is 0.368 e. The summed E-state index contributed by atoms with van der Waals surface area (Å²) >= 11 is 0. The van der Waals surface area contributed by atoms with E-state index in [4.69, 9.17) is 0 Å². The smallest absolute Gasteiger partial charge is 0.315 e. The van der Waals surface area contributed by atoms with E-state index in [1.807, 2.05) is 6.08 Å². The first-order chi connectivity index (χ1) is 14.8. The van der Waals surface area contributed by atoms with Crippen molar-refractivity contribution in [2.75, 3.05) is 24.5 Å². The molecule has 0 aromatic heterocycles. The number of allylic oxidation sites excluding steroid dienone is 1. The Labute approximate surface area is 180 Å². The maximum atomic E-state index is 11.9. The Morgan fingerprint density at radius 1 is 1.13 bits per heavy atom. The molecule has 30 heavy (non-hydrogen) atoms. The number of hydrogen-bond donors (Lipinski definition) is 2. The fourth-order valence-electron chi connectivity index (χ4n) is 3.97. The van der Waals surface area contributed by atoms with Gasteiger partial charge in [0.05, 0.1) is 0 Å². The first-order valence-electron chi connectivity index (χ1n) is 11.2. The molecule has 0 heterocycles. The van der Waals surface area contributed by atoms with Crippen molar-refractivity contribution < 1.29 is 4.79 Å². The van der Waals surface area contributed by atoms with E-state index in [0.717, 1.165) is 25.9 Å². The van der Waals surface area contributed by atoms with Crippen LogP contribution in [-0.4, -0.2) is 31.7 Å². The zero-order valence-electron chi connectivity index (χ0n) is 18.0. The molecule has 1 aliphatic rings. The molecular formula is C26H33N3O. The number of nitrogens with one attached hydrogen (secondary N) is 2. The molecule has 1 saturated carbocycles. The maximum Gasteiger partial charge on any atom is 0.315 e. The Morgan fingerprint density at radius 3 is 2.77 bits per heavy atom. The number of anilines is 1. The monoisotopic (exact) mass is 403 g/mol. The standard InChI is InChI=1S/C26H33N3O/c1-2-29(25-19-13-15-22-14-9-10-18-24(22)25)21-12-5-3-4-11-20-27-26(30)28-23-16-7-6-8-17-23/h5,9-10,12-15,18-19,23H,2,6-8,11,16-17,20-21H2,1H3,(H2,27,28,30). The van der Waals surface area contributed by atoms with Gasteiger partial charge in [-0.05, 0) is 37.3 Å². The molecule has 0 radical (unpaired) electrons. The SMILES string of the molecule is CCN(CC=CC#CCCNC(=O)NC1CCCCC1)c1cccc2ccccc12. The van der Waals surface area contributed by atoms with Crippen LogP contribution in [0, 0.1) is 11.8 Å². The minimum absolute atomic E-state index is 0.0621. The quantitative estimate of drug-likeness (QED) is 0.490. The van der Waals surface area contributed by atoms with Crippen molar-refractivity contribution in [3.8, 4) is 11.8 Å². The van der Waals surface area contributed by atoms with Crippen LogP contribution in [0.3, 0.4) is 0 Å². The molecule has 2 amide bonds. The van der Waals surface area contributed by atoms with E-state index in [0.29, 0.717) is 19.0 Å². The lowest BCUT2D eigenvalue weighted by molar-refractivity contribution is 0.233. The van der Waals surface area contributed by atoms with Crippen molar-refractivity contribution in [2.24, 2.45) is 0 Å². The molecule has 0 unspecified atom stereocenters. The Bertz CT molecular complexity index is 898. The number of hydrogen-bond acceptors (Lipinski definition) is 2. The molecule has 2 N–H and O–H groups in total. The lowest BCUT2D eigenvalue weighted by atomic mass is 9.96. The topological polar surface area (TPSA) is 44.4 Å². The Hall–Kier alpha value is -2.93. The molecule has 4 heteroatoms. The van der Waals surface area contributed by atoms with Crippen LogP contribution in [0.4, 0.5) is 10.5 Å². The molecule has 1 fully saturated rings. The first-order valence-corrected chi connectivity index (χ1v) is 11.2. The molecule has 2 aromatic carbocycles. The highest BCUT2D eigenvalue weighted by Gasteiger charge is 2.14. The van der Waals surface area contributed by atoms with Crippen LogP contribution in [0.1, 0.15) is 45.4 Å². The number of carbonyl (C=O) groups excluding carboxylic acids is 1. The number of carbonyl (C=O) groups is 1. The number of amides is 2. The van der Waals surface area contributed by atoms with E-state index < -0.39 is 0 Å². The molecule has 2 aromatic rings. The zero-order valence-corrected chi connectivity index (χ0v) is 18.0. The van der Waals surface area contributed by atoms with Gasteiger partial charge in [0.1, 0.15) is 0 Å². The number of fused-ring (bicyclic) bond motifs is 1. The van der Waals surface area contributed by atoms with Crippen molar-refractivity contribution in [3.05, 3.63) is 54.6 Å². The van der Waals surface area contributed by atoms with Crippen LogP contribution in [0.25, 0.3) is 10.8 Å². The third kappa shape index (κ3) is 6.56. The van der Waals surface area contributed by atoms with Crippen LogP contribution in [0.15, 0.2) is 54.6 Å².